The second-order valence-electron chi connectivity index (χ2n) is 5.29. The molecule has 1 aromatic rings. The van der Waals surface area contributed by atoms with Crippen molar-refractivity contribution in [2.75, 3.05) is 0 Å². The first-order chi connectivity index (χ1) is 10.3. The number of nitrogens with one attached hydrogen (secondary N) is 2. The number of amides is 1. The molecule has 1 saturated carbocycles. The summed E-state index contributed by atoms with van der Waals surface area (Å²) in [7, 11) is 0. The van der Waals surface area contributed by atoms with E-state index >= 15 is 0 Å². The highest BCUT2D eigenvalue weighted by atomic mass is 16.3. The average molecular weight is 287 g/mol. The van der Waals surface area contributed by atoms with Crippen LogP contribution in [0.4, 0.5) is 0 Å². The van der Waals surface area contributed by atoms with Crippen molar-refractivity contribution in [1.29, 1.82) is 5.26 Å². The lowest BCUT2D eigenvalue weighted by molar-refractivity contribution is -0.117. The highest BCUT2D eigenvalue weighted by molar-refractivity contribution is 5.97. The van der Waals surface area contributed by atoms with E-state index in [0.717, 1.165) is 12.8 Å². The van der Waals surface area contributed by atoms with Crippen molar-refractivity contribution in [2.24, 2.45) is 0 Å². The van der Waals surface area contributed by atoms with E-state index in [-0.39, 0.29) is 18.0 Å². The van der Waals surface area contributed by atoms with Gasteiger partial charge in [0, 0.05) is 12.2 Å². The molecule has 0 unspecified atom stereocenters. The maximum absolute atomic E-state index is 11.9. The third kappa shape index (κ3) is 4.99. The first-order valence-electron chi connectivity index (χ1n) is 7.46. The van der Waals surface area contributed by atoms with Crippen molar-refractivity contribution in [3.63, 3.8) is 0 Å². The Balaban J connectivity index is 1.84. The maximum Gasteiger partial charge on any atom is 0.263 e. The number of carbonyl (C=O) groups excluding carboxylic acids is 1. The Kier molecular flexibility index (Phi) is 5.89. The fraction of sp³-hybridized carbons (Fsp3) is 0.500. The summed E-state index contributed by atoms with van der Waals surface area (Å²) >= 11 is 0. The van der Waals surface area contributed by atoms with Crippen LogP contribution >= 0.6 is 0 Å². The SMILES string of the molecule is N#C/C(=C/NC1CCCCCC1)C(=O)NCc1ccco1. The molecule has 0 bridgehead atoms. The topological polar surface area (TPSA) is 78.1 Å². The third-order valence-electron chi connectivity index (χ3n) is 3.69. The summed E-state index contributed by atoms with van der Waals surface area (Å²) in [4.78, 5) is 11.9. The Bertz CT molecular complexity index is 506. The van der Waals surface area contributed by atoms with Crippen molar-refractivity contribution < 1.29 is 9.21 Å². The molecule has 0 saturated heterocycles. The van der Waals surface area contributed by atoms with E-state index in [9.17, 15) is 4.79 Å². The molecule has 1 fully saturated rings. The van der Waals surface area contributed by atoms with Crippen LogP contribution in [0.2, 0.25) is 0 Å². The molecule has 1 aliphatic carbocycles. The van der Waals surface area contributed by atoms with E-state index in [1.54, 1.807) is 24.6 Å². The molecule has 0 atom stereocenters. The Morgan fingerprint density at radius 3 is 2.76 bits per heavy atom. The Labute approximate surface area is 125 Å². The van der Waals surface area contributed by atoms with Gasteiger partial charge in [0.2, 0.25) is 0 Å². The number of furan rings is 1. The van der Waals surface area contributed by atoms with E-state index in [4.69, 9.17) is 9.68 Å². The minimum absolute atomic E-state index is 0.103. The Morgan fingerprint density at radius 1 is 1.38 bits per heavy atom. The first kappa shape index (κ1) is 15.2. The lowest BCUT2D eigenvalue weighted by atomic mass is 10.1. The van der Waals surface area contributed by atoms with E-state index in [0.29, 0.717) is 11.8 Å². The number of carbonyl (C=O) groups is 1. The molecule has 112 valence electrons. The summed E-state index contributed by atoms with van der Waals surface area (Å²) in [5.74, 6) is 0.285. The number of hydrogen-bond acceptors (Lipinski definition) is 4. The van der Waals surface area contributed by atoms with Crippen LogP contribution in [0.1, 0.15) is 44.3 Å². The largest absolute Gasteiger partial charge is 0.467 e. The smallest absolute Gasteiger partial charge is 0.263 e. The molecular formula is C16H21N3O2. The van der Waals surface area contributed by atoms with Crippen molar-refractivity contribution >= 4 is 5.91 Å². The van der Waals surface area contributed by atoms with Crippen LogP contribution in [0.15, 0.2) is 34.6 Å². The number of nitriles is 1. The van der Waals surface area contributed by atoms with Crippen LogP contribution < -0.4 is 10.6 Å². The molecule has 21 heavy (non-hydrogen) atoms. The van der Waals surface area contributed by atoms with Gasteiger partial charge >= 0.3 is 0 Å². The first-order valence-corrected chi connectivity index (χ1v) is 7.46. The zero-order valence-electron chi connectivity index (χ0n) is 12.1. The highest BCUT2D eigenvalue weighted by Crippen LogP contribution is 2.17. The highest BCUT2D eigenvalue weighted by Gasteiger charge is 2.13. The van der Waals surface area contributed by atoms with Crippen LogP contribution in [0.25, 0.3) is 0 Å². The van der Waals surface area contributed by atoms with E-state index in [1.807, 2.05) is 6.07 Å². The third-order valence-corrected chi connectivity index (χ3v) is 3.69. The zero-order valence-corrected chi connectivity index (χ0v) is 12.1. The van der Waals surface area contributed by atoms with Gasteiger partial charge in [-0.1, -0.05) is 25.7 Å². The van der Waals surface area contributed by atoms with Gasteiger partial charge in [-0.3, -0.25) is 4.79 Å². The van der Waals surface area contributed by atoms with E-state index in [2.05, 4.69) is 10.6 Å². The van der Waals surface area contributed by atoms with Crippen LogP contribution in [-0.4, -0.2) is 11.9 Å². The summed E-state index contributed by atoms with van der Waals surface area (Å²) in [5, 5.41) is 15.0. The van der Waals surface area contributed by atoms with Gasteiger partial charge in [0.05, 0.1) is 12.8 Å². The summed E-state index contributed by atoms with van der Waals surface area (Å²) in [6, 6.07) is 5.85. The van der Waals surface area contributed by atoms with Gasteiger partial charge in [-0.2, -0.15) is 5.26 Å². The monoisotopic (exact) mass is 287 g/mol. The number of hydrogen-bond donors (Lipinski definition) is 2. The van der Waals surface area contributed by atoms with Crippen molar-refractivity contribution in [1.82, 2.24) is 10.6 Å². The van der Waals surface area contributed by atoms with Gasteiger partial charge in [0.1, 0.15) is 17.4 Å². The zero-order chi connectivity index (χ0) is 14.9. The predicted molar refractivity (Wildman–Crippen MR) is 78.9 cm³/mol. The second-order valence-corrected chi connectivity index (χ2v) is 5.29. The maximum atomic E-state index is 11.9. The standard InChI is InChI=1S/C16H21N3O2/c17-10-13(11-18-14-6-3-1-2-4-7-14)16(20)19-12-15-8-5-9-21-15/h5,8-9,11,14,18H,1-4,6-7,12H2,(H,19,20)/b13-11-. The molecule has 1 heterocycles. The van der Waals surface area contributed by atoms with Gasteiger partial charge in [-0.15, -0.1) is 0 Å². The molecule has 5 heteroatoms. The molecule has 5 nitrogen and oxygen atoms in total. The number of nitrogens with zero attached hydrogens (tertiary/aromatic N) is 1. The minimum Gasteiger partial charge on any atom is -0.467 e. The molecule has 0 aromatic carbocycles. The molecular weight excluding hydrogens is 266 g/mol. The molecule has 0 radical (unpaired) electrons. The lowest BCUT2D eigenvalue weighted by Gasteiger charge is -2.14. The Hall–Kier alpha value is -2.22. The van der Waals surface area contributed by atoms with E-state index in [1.165, 1.54) is 25.7 Å². The van der Waals surface area contributed by atoms with Gasteiger partial charge in [-0.05, 0) is 25.0 Å². The van der Waals surface area contributed by atoms with Crippen LogP contribution in [-0.2, 0) is 11.3 Å². The van der Waals surface area contributed by atoms with Crippen LogP contribution in [0.5, 0.6) is 0 Å². The van der Waals surface area contributed by atoms with Gasteiger partial charge < -0.3 is 15.1 Å². The molecule has 2 N–H and O–H groups in total. The lowest BCUT2D eigenvalue weighted by Crippen LogP contribution is -2.28. The summed E-state index contributed by atoms with van der Waals surface area (Å²) in [6.07, 6.45) is 10.3. The quantitative estimate of drug-likeness (QED) is 0.496. The van der Waals surface area contributed by atoms with Crippen LogP contribution in [0.3, 0.4) is 0 Å². The average Bonchev–Trinajstić information content (AvgIpc) is 2.88. The summed E-state index contributed by atoms with van der Waals surface area (Å²) in [5.41, 5.74) is 0.103. The van der Waals surface area contributed by atoms with Gasteiger partial charge in [0.15, 0.2) is 0 Å². The molecule has 1 aliphatic rings. The van der Waals surface area contributed by atoms with Gasteiger partial charge in [-0.25, -0.2) is 0 Å². The predicted octanol–water partition coefficient (Wildman–Crippen LogP) is 2.62. The molecule has 1 amide bonds. The molecule has 0 aliphatic heterocycles. The normalized spacial score (nSPS) is 16.8. The molecule has 1 aromatic heterocycles. The minimum atomic E-state index is -0.380. The van der Waals surface area contributed by atoms with Crippen molar-refractivity contribution in [2.45, 2.75) is 51.1 Å². The van der Waals surface area contributed by atoms with Crippen molar-refractivity contribution in [3.8, 4) is 6.07 Å². The molecule has 0 spiro atoms. The molecule has 2 rings (SSSR count). The summed E-state index contributed by atoms with van der Waals surface area (Å²) in [6.45, 7) is 0.286. The summed E-state index contributed by atoms with van der Waals surface area (Å²) < 4.78 is 5.13. The van der Waals surface area contributed by atoms with Crippen LogP contribution in [0, 0.1) is 11.3 Å². The number of rotatable bonds is 5. The fourth-order valence-corrected chi connectivity index (χ4v) is 2.47. The fourth-order valence-electron chi connectivity index (χ4n) is 2.47. The van der Waals surface area contributed by atoms with Crippen molar-refractivity contribution in [3.05, 3.63) is 35.9 Å². The second kappa shape index (κ2) is 8.15. The van der Waals surface area contributed by atoms with Gasteiger partial charge in [0.25, 0.3) is 5.91 Å². The van der Waals surface area contributed by atoms with E-state index < -0.39 is 0 Å². The Morgan fingerprint density at radius 2 is 2.14 bits per heavy atom.